The molecule has 1 heterocycles. The minimum absolute atomic E-state index is 0.0182. The average molecular weight is 337 g/mol. The summed E-state index contributed by atoms with van der Waals surface area (Å²) in [5, 5.41) is 2.87. The summed E-state index contributed by atoms with van der Waals surface area (Å²) >= 11 is 4.98. The van der Waals surface area contributed by atoms with E-state index in [9.17, 15) is 4.79 Å². The number of hydrogen-bond acceptors (Lipinski definition) is 3. The van der Waals surface area contributed by atoms with Crippen LogP contribution in [0.4, 0.5) is 0 Å². The Morgan fingerprint density at radius 1 is 1.26 bits per heavy atom. The van der Waals surface area contributed by atoms with Crippen LogP contribution in [0.3, 0.4) is 0 Å². The van der Waals surface area contributed by atoms with Gasteiger partial charge < -0.3 is 5.32 Å². The zero-order valence-corrected chi connectivity index (χ0v) is 12.6. The predicted molar refractivity (Wildman–Crippen MR) is 80.9 cm³/mol. The van der Waals surface area contributed by atoms with Gasteiger partial charge in [-0.2, -0.15) is 0 Å². The molecule has 98 valence electrons. The predicted octanol–water partition coefficient (Wildman–Crippen LogP) is 3.25. The van der Waals surface area contributed by atoms with Crippen LogP contribution in [0.15, 0.2) is 58.2 Å². The van der Waals surface area contributed by atoms with Gasteiger partial charge in [0.15, 0.2) is 0 Å². The van der Waals surface area contributed by atoms with Crippen molar-refractivity contribution in [2.24, 2.45) is 0 Å². The van der Waals surface area contributed by atoms with E-state index in [-0.39, 0.29) is 5.91 Å². The number of amides is 1. The molecule has 2 aromatic rings. The summed E-state index contributed by atoms with van der Waals surface area (Å²) in [6.45, 7) is 0.517. The van der Waals surface area contributed by atoms with E-state index in [2.05, 4.69) is 26.2 Å². The number of carbonyl (C=O) groups is 1. The number of halogens is 1. The molecule has 1 amide bonds. The molecule has 0 unspecified atom stereocenters. The number of nitrogens with one attached hydrogen (secondary N) is 1. The summed E-state index contributed by atoms with van der Waals surface area (Å²) in [6.07, 6.45) is 3.47. The molecule has 0 fully saturated rings. The Morgan fingerprint density at radius 2 is 2.11 bits per heavy atom. The van der Waals surface area contributed by atoms with Crippen molar-refractivity contribution in [2.45, 2.75) is 11.4 Å². The highest BCUT2D eigenvalue weighted by Gasteiger charge is 2.05. The lowest BCUT2D eigenvalue weighted by Crippen LogP contribution is -2.24. The third kappa shape index (κ3) is 4.69. The first kappa shape index (κ1) is 14.1. The van der Waals surface area contributed by atoms with Gasteiger partial charge in [0, 0.05) is 28.3 Å². The van der Waals surface area contributed by atoms with Crippen LogP contribution >= 0.6 is 27.7 Å². The number of pyridine rings is 1. The summed E-state index contributed by atoms with van der Waals surface area (Å²) in [5.41, 5.74) is 1.00. The zero-order chi connectivity index (χ0) is 13.5. The fourth-order valence-corrected chi connectivity index (χ4v) is 2.86. The first-order valence-corrected chi connectivity index (χ1v) is 7.56. The first-order valence-electron chi connectivity index (χ1n) is 5.78. The molecule has 0 radical (unpaired) electrons. The third-order valence-electron chi connectivity index (χ3n) is 2.41. The second-order valence-electron chi connectivity index (χ2n) is 3.86. The molecule has 1 aromatic heterocycles. The summed E-state index contributed by atoms with van der Waals surface area (Å²) in [5.74, 6) is 0.424. The lowest BCUT2D eigenvalue weighted by Gasteiger charge is -2.06. The smallest absolute Gasteiger partial charge is 0.230 e. The van der Waals surface area contributed by atoms with Crippen molar-refractivity contribution in [2.75, 3.05) is 5.75 Å². The average Bonchev–Trinajstić information content (AvgIpc) is 2.45. The van der Waals surface area contributed by atoms with Crippen LogP contribution in [0.2, 0.25) is 0 Å². The summed E-state index contributed by atoms with van der Waals surface area (Å²) < 4.78 is 1.01. The molecule has 0 aliphatic carbocycles. The minimum Gasteiger partial charge on any atom is -0.351 e. The van der Waals surface area contributed by atoms with Gasteiger partial charge in [-0.05, 0) is 39.7 Å². The van der Waals surface area contributed by atoms with Crippen molar-refractivity contribution in [1.29, 1.82) is 0 Å². The van der Waals surface area contributed by atoms with Crippen molar-refractivity contribution >= 4 is 33.6 Å². The Hall–Kier alpha value is -1.33. The SMILES string of the molecule is O=C(CSc1ccccc1Br)NCc1cccnc1. The molecule has 0 spiro atoms. The maximum absolute atomic E-state index is 11.7. The Balaban J connectivity index is 1.78. The van der Waals surface area contributed by atoms with E-state index in [1.165, 1.54) is 11.8 Å². The van der Waals surface area contributed by atoms with Gasteiger partial charge in [-0.3, -0.25) is 9.78 Å². The monoisotopic (exact) mass is 336 g/mol. The molecule has 0 bridgehead atoms. The van der Waals surface area contributed by atoms with Gasteiger partial charge in [-0.1, -0.05) is 18.2 Å². The van der Waals surface area contributed by atoms with E-state index in [1.807, 2.05) is 36.4 Å². The zero-order valence-electron chi connectivity index (χ0n) is 10.2. The highest BCUT2D eigenvalue weighted by molar-refractivity contribution is 9.10. The highest BCUT2D eigenvalue weighted by Crippen LogP contribution is 2.26. The van der Waals surface area contributed by atoms with Crippen LogP contribution in [-0.4, -0.2) is 16.6 Å². The van der Waals surface area contributed by atoms with Crippen molar-refractivity contribution < 1.29 is 4.79 Å². The van der Waals surface area contributed by atoms with Gasteiger partial charge in [0.1, 0.15) is 0 Å². The van der Waals surface area contributed by atoms with E-state index >= 15 is 0 Å². The highest BCUT2D eigenvalue weighted by atomic mass is 79.9. The van der Waals surface area contributed by atoms with Gasteiger partial charge in [0.25, 0.3) is 0 Å². The Labute approximate surface area is 125 Å². The molecule has 19 heavy (non-hydrogen) atoms. The number of aromatic nitrogens is 1. The molecule has 3 nitrogen and oxygen atoms in total. The number of nitrogens with zero attached hydrogens (tertiary/aromatic N) is 1. The van der Waals surface area contributed by atoms with Crippen LogP contribution in [0, 0.1) is 0 Å². The molecule has 0 aliphatic heterocycles. The molecule has 0 saturated carbocycles. The molecule has 0 aliphatic rings. The fraction of sp³-hybridized carbons (Fsp3) is 0.143. The fourth-order valence-electron chi connectivity index (χ4n) is 1.46. The van der Waals surface area contributed by atoms with Gasteiger partial charge in [0.2, 0.25) is 5.91 Å². The van der Waals surface area contributed by atoms with Crippen molar-refractivity contribution in [3.8, 4) is 0 Å². The second kappa shape index (κ2) is 7.31. The molecule has 1 N–H and O–H groups in total. The molecular formula is C14H13BrN2OS. The molecule has 2 rings (SSSR count). The summed E-state index contributed by atoms with van der Waals surface area (Å²) in [6, 6.07) is 11.7. The van der Waals surface area contributed by atoms with Crippen molar-refractivity contribution in [1.82, 2.24) is 10.3 Å². The van der Waals surface area contributed by atoms with E-state index < -0.39 is 0 Å². The lowest BCUT2D eigenvalue weighted by molar-refractivity contribution is -0.118. The third-order valence-corrected chi connectivity index (χ3v) is 4.44. The van der Waals surface area contributed by atoms with E-state index in [0.717, 1.165) is 14.9 Å². The minimum atomic E-state index is 0.0182. The van der Waals surface area contributed by atoms with Crippen molar-refractivity contribution in [3.05, 3.63) is 58.8 Å². The van der Waals surface area contributed by atoms with Crippen LogP contribution in [0.1, 0.15) is 5.56 Å². The summed E-state index contributed by atoms with van der Waals surface area (Å²) in [7, 11) is 0. The maximum atomic E-state index is 11.7. The molecule has 5 heteroatoms. The first-order chi connectivity index (χ1) is 9.25. The van der Waals surface area contributed by atoms with E-state index in [0.29, 0.717) is 12.3 Å². The van der Waals surface area contributed by atoms with Crippen LogP contribution in [0.25, 0.3) is 0 Å². The summed E-state index contributed by atoms with van der Waals surface area (Å²) in [4.78, 5) is 16.8. The van der Waals surface area contributed by atoms with Gasteiger partial charge in [-0.15, -0.1) is 11.8 Å². The molecular weight excluding hydrogens is 324 g/mol. The number of benzene rings is 1. The standard InChI is InChI=1S/C14H13BrN2OS/c15-12-5-1-2-6-13(12)19-10-14(18)17-9-11-4-3-7-16-8-11/h1-8H,9-10H2,(H,17,18). The topological polar surface area (TPSA) is 42.0 Å². The van der Waals surface area contributed by atoms with Crippen LogP contribution < -0.4 is 5.32 Å². The molecule has 0 saturated heterocycles. The second-order valence-corrected chi connectivity index (χ2v) is 5.73. The Morgan fingerprint density at radius 3 is 2.84 bits per heavy atom. The molecule has 0 atom stereocenters. The number of thioether (sulfide) groups is 1. The van der Waals surface area contributed by atoms with Crippen LogP contribution in [-0.2, 0) is 11.3 Å². The van der Waals surface area contributed by atoms with Gasteiger partial charge in [0.05, 0.1) is 5.75 Å². The Bertz CT molecular complexity index is 548. The van der Waals surface area contributed by atoms with Gasteiger partial charge >= 0.3 is 0 Å². The Kier molecular flexibility index (Phi) is 5.42. The number of rotatable bonds is 5. The van der Waals surface area contributed by atoms with Gasteiger partial charge in [-0.25, -0.2) is 0 Å². The van der Waals surface area contributed by atoms with E-state index in [4.69, 9.17) is 0 Å². The van der Waals surface area contributed by atoms with Crippen molar-refractivity contribution in [3.63, 3.8) is 0 Å². The van der Waals surface area contributed by atoms with Crippen LogP contribution in [0.5, 0.6) is 0 Å². The quantitative estimate of drug-likeness (QED) is 0.852. The van der Waals surface area contributed by atoms with E-state index in [1.54, 1.807) is 12.4 Å². The lowest BCUT2D eigenvalue weighted by atomic mass is 10.3. The largest absolute Gasteiger partial charge is 0.351 e. The molecule has 1 aromatic carbocycles. The number of carbonyl (C=O) groups excluding carboxylic acids is 1. The number of hydrogen-bond donors (Lipinski definition) is 1. The normalized spacial score (nSPS) is 10.2. The maximum Gasteiger partial charge on any atom is 0.230 e.